The van der Waals surface area contributed by atoms with E-state index >= 15 is 0 Å². The van der Waals surface area contributed by atoms with Crippen LogP contribution < -0.4 is 0 Å². The van der Waals surface area contributed by atoms with E-state index in [9.17, 15) is 70.2 Å². The fourth-order valence-corrected chi connectivity index (χ4v) is 1.35. The molecule has 0 aliphatic rings. The highest BCUT2D eigenvalue weighted by molar-refractivity contribution is 5.01. The molecule has 0 atom stereocenters. The Morgan fingerprint density at radius 3 is 0.630 bits per heavy atom. The molecule has 0 saturated heterocycles. The second-order valence-corrected chi connectivity index (χ2v) is 5.38. The zero-order valence-electron chi connectivity index (χ0n) is 12.5. The van der Waals surface area contributed by atoms with Crippen LogP contribution in [-0.4, -0.2) is 36.9 Å². The molecule has 0 N–H and O–H groups in total. The minimum absolute atomic E-state index is 1.47. The van der Waals surface area contributed by atoms with Crippen molar-refractivity contribution in [1.29, 1.82) is 0 Å². The lowest BCUT2D eigenvalue weighted by Crippen LogP contribution is -2.66. The van der Waals surface area contributed by atoms with Gasteiger partial charge in [-0.3, -0.25) is 4.74 Å². The topological polar surface area (TPSA) is 9.23 Å². The van der Waals surface area contributed by atoms with Gasteiger partial charge in [0.25, 0.3) is 0 Å². The van der Waals surface area contributed by atoms with Crippen LogP contribution in [0.5, 0.6) is 0 Å². The molecule has 0 fully saturated rings. The fourth-order valence-electron chi connectivity index (χ4n) is 1.35. The lowest BCUT2D eigenvalue weighted by atomic mass is 9.85. The first kappa shape index (κ1) is 25.8. The summed E-state index contributed by atoms with van der Waals surface area (Å²) in [6, 6.07) is 0. The first-order valence-corrected chi connectivity index (χ1v) is 5.93. The van der Waals surface area contributed by atoms with Gasteiger partial charge in [-0.15, -0.1) is 0 Å². The van der Waals surface area contributed by atoms with E-state index in [1.165, 1.54) is 0 Å². The van der Waals surface area contributed by atoms with E-state index in [1.807, 2.05) is 0 Å². The predicted molar refractivity (Wildman–Crippen MR) is 51.4 cm³/mol. The molecule has 0 spiro atoms. The maximum atomic E-state index is 13.4. The third-order valence-corrected chi connectivity index (χ3v) is 3.69. The van der Waals surface area contributed by atoms with E-state index in [1.54, 1.807) is 4.74 Å². The van der Waals surface area contributed by atoms with Gasteiger partial charge in [0, 0.05) is 0 Å². The number of alkyl halides is 16. The molecule has 0 aromatic carbocycles. The summed E-state index contributed by atoms with van der Waals surface area (Å²) in [4.78, 5) is 0. The molecular weight excluding hydrogens is 440 g/mol. The number of ether oxygens (including phenoxy) is 1. The Bertz CT molecular complexity index is 455. The van der Waals surface area contributed by atoms with E-state index in [2.05, 4.69) is 0 Å². The van der Waals surface area contributed by atoms with Crippen LogP contribution in [0.4, 0.5) is 70.2 Å². The Morgan fingerprint density at radius 1 is 0.370 bits per heavy atom. The molecule has 0 saturated carbocycles. The third kappa shape index (κ3) is 3.74. The van der Waals surface area contributed by atoms with Crippen molar-refractivity contribution < 1.29 is 75.0 Å². The maximum absolute atomic E-state index is 13.4. The fraction of sp³-hybridized carbons (Fsp3) is 1.00. The summed E-state index contributed by atoms with van der Waals surface area (Å²) >= 11 is 0. The molecule has 17 heteroatoms. The van der Waals surface area contributed by atoms with Crippen LogP contribution in [0, 0.1) is 10.8 Å². The lowest BCUT2D eigenvalue weighted by molar-refractivity contribution is -0.528. The Kier molecular flexibility index (Phi) is 5.90. The Balaban J connectivity index is 6.60. The van der Waals surface area contributed by atoms with Crippen molar-refractivity contribution in [2.45, 2.75) is 50.8 Å². The van der Waals surface area contributed by atoms with Crippen LogP contribution in [-0.2, 0) is 4.74 Å². The van der Waals surface area contributed by atoms with Crippen LogP contribution in [0.3, 0.4) is 0 Å². The average molecular weight is 446 g/mol. The third-order valence-electron chi connectivity index (χ3n) is 3.69. The molecule has 0 aromatic heterocycles. The molecule has 0 rings (SSSR count). The molecule has 0 amide bonds. The van der Waals surface area contributed by atoms with Crippen LogP contribution in [0.2, 0.25) is 0 Å². The molecule has 0 aliphatic carbocycles. The lowest BCUT2D eigenvalue weighted by Gasteiger charge is -2.44. The summed E-state index contributed by atoms with van der Waals surface area (Å²) in [5.41, 5.74) is -13.1. The highest BCUT2D eigenvalue weighted by Gasteiger charge is 2.86. The van der Waals surface area contributed by atoms with Crippen molar-refractivity contribution in [2.75, 3.05) is 0 Å². The Hall–Kier alpha value is -1.16. The maximum Gasteiger partial charge on any atom is 0.411 e. The summed E-state index contributed by atoms with van der Waals surface area (Å²) in [5.74, 6) is 0. The van der Waals surface area contributed by atoms with Crippen molar-refractivity contribution >= 4 is 0 Å². The highest BCUT2D eigenvalue weighted by atomic mass is 19.4. The van der Waals surface area contributed by atoms with E-state index in [0.717, 1.165) is 0 Å². The number of rotatable bonds is 4. The molecule has 0 aromatic rings. The van der Waals surface area contributed by atoms with Crippen LogP contribution in [0.25, 0.3) is 0 Å². The molecule has 0 unspecified atom stereocenters. The Morgan fingerprint density at radius 2 is 0.519 bits per heavy atom. The summed E-state index contributed by atoms with van der Waals surface area (Å²) in [6.45, 7) is -2.94. The van der Waals surface area contributed by atoms with Gasteiger partial charge in [0.2, 0.25) is 10.8 Å². The first-order chi connectivity index (χ1) is 11.2. The second kappa shape index (κ2) is 6.17. The van der Waals surface area contributed by atoms with E-state index < -0.39 is 61.6 Å². The molecule has 164 valence electrons. The molecule has 0 radical (unpaired) electrons. The van der Waals surface area contributed by atoms with Crippen LogP contribution >= 0.6 is 0 Å². The van der Waals surface area contributed by atoms with Crippen molar-refractivity contribution in [3.63, 3.8) is 0 Å². The van der Waals surface area contributed by atoms with Gasteiger partial charge in [-0.05, 0) is 13.8 Å². The van der Waals surface area contributed by atoms with Gasteiger partial charge < -0.3 is 0 Å². The number of hydrogen-bond acceptors (Lipinski definition) is 1. The highest BCUT2D eigenvalue weighted by Crippen LogP contribution is 2.64. The van der Waals surface area contributed by atoms with Gasteiger partial charge in [-0.2, -0.15) is 70.2 Å². The smallest absolute Gasteiger partial charge is 0.253 e. The van der Waals surface area contributed by atoms with Gasteiger partial charge in [0.05, 0.1) is 0 Å². The van der Waals surface area contributed by atoms with Gasteiger partial charge in [-0.25, -0.2) is 0 Å². The van der Waals surface area contributed by atoms with Gasteiger partial charge in [0.1, 0.15) is 0 Å². The molecule has 0 aliphatic heterocycles. The summed E-state index contributed by atoms with van der Waals surface area (Å²) in [5, 5.41) is 0. The van der Waals surface area contributed by atoms with E-state index in [0.29, 0.717) is 0 Å². The van der Waals surface area contributed by atoms with Gasteiger partial charge >= 0.3 is 36.9 Å². The molecule has 1 nitrogen and oxygen atoms in total. The van der Waals surface area contributed by atoms with Crippen molar-refractivity contribution in [1.82, 2.24) is 0 Å². The largest absolute Gasteiger partial charge is 0.411 e. The molecule has 27 heavy (non-hydrogen) atoms. The van der Waals surface area contributed by atoms with Gasteiger partial charge in [0.15, 0.2) is 0 Å². The normalized spacial score (nSPS) is 16.7. The SMILES string of the molecule is CC(C(F)(F)F)(C(F)(F)F)C(F)(F)OC(F)(F)C(C)(C(F)(F)F)C(F)(F)F. The predicted octanol–water partition coefficient (Wildman–Crippen LogP) is 6.45. The van der Waals surface area contributed by atoms with Crippen molar-refractivity contribution in [3.05, 3.63) is 0 Å². The summed E-state index contributed by atoms with van der Waals surface area (Å²) < 4.78 is 205. The van der Waals surface area contributed by atoms with E-state index in [-0.39, 0.29) is 0 Å². The monoisotopic (exact) mass is 446 g/mol. The number of hydrogen-bond donors (Lipinski definition) is 0. The van der Waals surface area contributed by atoms with Crippen LogP contribution in [0.15, 0.2) is 0 Å². The van der Waals surface area contributed by atoms with Crippen molar-refractivity contribution in [3.8, 4) is 0 Å². The minimum atomic E-state index is -7.30. The number of halogens is 16. The van der Waals surface area contributed by atoms with E-state index in [4.69, 9.17) is 0 Å². The average Bonchev–Trinajstić information content (AvgIpc) is 2.29. The molecular formula is C10H6F16O. The van der Waals surface area contributed by atoms with Crippen molar-refractivity contribution in [2.24, 2.45) is 10.8 Å². The Labute approximate surface area is 138 Å². The zero-order chi connectivity index (χ0) is 22.7. The van der Waals surface area contributed by atoms with Crippen LogP contribution in [0.1, 0.15) is 13.8 Å². The van der Waals surface area contributed by atoms with Gasteiger partial charge in [-0.1, -0.05) is 0 Å². The first-order valence-electron chi connectivity index (χ1n) is 5.93. The molecule has 0 heterocycles. The zero-order valence-corrected chi connectivity index (χ0v) is 12.5. The second-order valence-electron chi connectivity index (χ2n) is 5.38. The quantitative estimate of drug-likeness (QED) is 0.451. The molecule has 0 bridgehead atoms. The summed E-state index contributed by atoms with van der Waals surface area (Å²) in [7, 11) is 0. The summed E-state index contributed by atoms with van der Waals surface area (Å²) in [6.07, 6.45) is -43.3. The minimum Gasteiger partial charge on any atom is -0.253 e. The standard InChI is InChI=1S/C10H6F16O/c1-3(5(11,12)13,6(14,15)16)9(23,24)27-10(25,26)4(2,7(17,18)19)8(20,21)22/h1-2H3.